The first-order chi connectivity index (χ1) is 12.5. The Morgan fingerprint density at radius 1 is 1.04 bits per heavy atom. The van der Waals surface area contributed by atoms with E-state index in [9.17, 15) is 9.59 Å². The fraction of sp³-hybridized carbons (Fsp3) is 0.333. The predicted molar refractivity (Wildman–Crippen MR) is 102 cm³/mol. The standard InChI is InChI=1S/C21H26N2O3/c1-4-5-13-26-19-11-9-17(10-12-19)20(24)22-15-16-7-6-8-18(14-16)21(25)23(2)3/h6-12,14H,4-5,13,15H2,1-3H3,(H,22,24). The zero-order chi connectivity index (χ0) is 18.9. The van der Waals surface area contributed by atoms with Gasteiger partial charge in [0.15, 0.2) is 0 Å². The van der Waals surface area contributed by atoms with Gasteiger partial charge in [-0.1, -0.05) is 25.5 Å². The molecule has 0 atom stereocenters. The van der Waals surface area contributed by atoms with E-state index in [1.165, 1.54) is 4.90 Å². The maximum atomic E-state index is 12.3. The molecule has 0 spiro atoms. The molecule has 0 saturated carbocycles. The maximum absolute atomic E-state index is 12.3. The van der Waals surface area contributed by atoms with Crippen LogP contribution in [0.5, 0.6) is 5.75 Å². The lowest BCUT2D eigenvalue weighted by Gasteiger charge is -2.12. The van der Waals surface area contributed by atoms with E-state index in [2.05, 4.69) is 12.2 Å². The quantitative estimate of drug-likeness (QED) is 0.738. The molecule has 0 saturated heterocycles. The molecule has 5 nitrogen and oxygen atoms in total. The average Bonchev–Trinajstić information content (AvgIpc) is 2.66. The number of ether oxygens (including phenoxy) is 1. The number of unbranched alkanes of at least 4 members (excludes halogenated alkanes) is 1. The van der Waals surface area contributed by atoms with Crippen molar-refractivity contribution in [1.29, 1.82) is 0 Å². The summed E-state index contributed by atoms with van der Waals surface area (Å²) < 4.78 is 5.60. The van der Waals surface area contributed by atoms with Gasteiger partial charge in [-0.3, -0.25) is 9.59 Å². The highest BCUT2D eigenvalue weighted by molar-refractivity contribution is 5.95. The Morgan fingerprint density at radius 2 is 1.77 bits per heavy atom. The molecule has 1 N–H and O–H groups in total. The highest BCUT2D eigenvalue weighted by Crippen LogP contribution is 2.13. The molecule has 26 heavy (non-hydrogen) atoms. The number of nitrogens with one attached hydrogen (secondary N) is 1. The van der Waals surface area contributed by atoms with Crippen molar-refractivity contribution in [3.63, 3.8) is 0 Å². The summed E-state index contributed by atoms with van der Waals surface area (Å²) in [6.45, 7) is 3.16. The number of carbonyl (C=O) groups is 2. The average molecular weight is 354 g/mol. The third-order valence-corrected chi connectivity index (χ3v) is 3.92. The van der Waals surface area contributed by atoms with Crippen molar-refractivity contribution >= 4 is 11.8 Å². The molecule has 2 aromatic rings. The van der Waals surface area contributed by atoms with Gasteiger partial charge in [0.2, 0.25) is 0 Å². The minimum Gasteiger partial charge on any atom is -0.494 e. The second-order valence-electron chi connectivity index (χ2n) is 6.31. The predicted octanol–water partition coefficient (Wildman–Crippen LogP) is 3.50. The first-order valence-corrected chi connectivity index (χ1v) is 8.83. The van der Waals surface area contributed by atoms with E-state index in [-0.39, 0.29) is 11.8 Å². The van der Waals surface area contributed by atoms with Gasteiger partial charge in [-0.25, -0.2) is 0 Å². The summed E-state index contributed by atoms with van der Waals surface area (Å²) in [6, 6.07) is 14.4. The molecular formula is C21H26N2O3. The van der Waals surface area contributed by atoms with Gasteiger partial charge in [0.1, 0.15) is 5.75 Å². The molecule has 2 rings (SSSR count). The first-order valence-electron chi connectivity index (χ1n) is 8.83. The molecule has 138 valence electrons. The Bertz CT molecular complexity index is 739. The van der Waals surface area contributed by atoms with Crippen LogP contribution in [-0.2, 0) is 6.54 Å². The number of rotatable bonds is 8. The van der Waals surface area contributed by atoms with Crippen molar-refractivity contribution < 1.29 is 14.3 Å². The number of hydrogen-bond acceptors (Lipinski definition) is 3. The largest absolute Gasteiger partial charge is 0.494 e. The number of carbonyl (C=O) groups excluding carboxylic acids is 2. The van der Waals surface area contributed by atoms with Gasteiger partial charge in [-0.15, -0.1) is 0 Å². The van der Waals surface area contributed by atoms with Crippen molar-refractivity contribution in [2.24, 2.45) is 0 Å². The van der Waals surface area contributed by atoms with Gasteiger partial charge in [0.05, 0.1) is 6.61 Å². The second kappa shape index (κ2) is 9.61. The van der Waals surface area contributed by atoms with Crippen molar-refractivity contribution in [3.05, 3.63) is 65.2 Å². The van der Waals surface area contributed by atoms with Gasteiger partial charge in [0.25, 0.3) is 11.8 Å². The van der Waals surface area contributed by atoms with Gasteiger partial charge >= 0.3 is 0 Å². The Morgan fingerprint density at radius 3 is 2.42 bits per heavy atom. The molecule has 0 unspecified atom stereocenters. The summed E-state index contributed by atoms with van der Waals surface area (Å²) in [4.78, 5) is 25.8. The van der Waals surface area contributed by atoms with E-state index in [0.29, 0.717) is 24.3 Å². The van der Waals surface area contributed by atoms with Gasteiger partial charge in [-0.2, -0.15) is 0 Å². The monoisotopic (exact) mass is 354 g/mol. The molecule has 0 aliphatic heterocycles. The van der Waals surface area contributed by atoms with Crippen molar-refractivity contribution in [2.45, 2.75) is 26.3 Å². The molecule has 2 amide bonds. The Labute approximate surface area is 155 Å². The van der Waals surface area contributed by atoms with Gasteiger partial charge < -0.3 is 15.0 Å². The molecule has 0 aliphatic rings. The number of nitrogens with zero attached hydrogens (tertiary/aromatic N) is 1. The first kappa shape index (κ1) is 19.5. The van der Waals surface area contributed by atoms with Crippen molar-refractivity contribution in [3.8, 4) is 5.75 Å². The zero-order valence-corrected chi connectivity index (χ0v) is 15.6. The lowest BCUT2D eigenvalue weighted by Crippen LogP contribution is -2.24. The summed E-state index contributed by atoms with van der Waals surface area (Å²) in [5.41, 5.74) is 2.06. The van der Waals surface area contributed by atoms with Crippen molar-refractivity contribution in [2.75, 3.05) is 20.7 Å². The third-order valence-electron chi connectivity index (χ3n) is 3.92. The lowest BCUT2D eigenvalue weighted by molar-refractivity contribution is 0.0827. The van der Waals surface area contributed by atoms with Crippen LogP contribution in [0.4, 0.5) is 0 Å². The molecule has 0 aliphatic carbocycles. The fourth-order valence-electron chi connectivity index (χ4n) is 2.39. The Balaban J connectivity index is 1.92. The number of amides is 2. The minimum atomic E-state index is -0.158. The van der Waals surface area contributed by atoms with Crippen LogP contribution in [0.2, 0.25) is 0 Å². The summed E-state index contributed by atoms with van der Waals surface area (Å²) >= 11 is 0. The molecule has 0 fully saturated rings. The number of benzene rings is 2. The van der Waals surface area contributed by atoms with Crippen LogP contribution >= 0.6 is 0 Å². The third kappa shape index (κ3) is 5.62. The van der Waals surface area contributed by atoms with Crippen LogP contribution in [0.3, 0.4) is 0 Å². The minimum absolute atomic E-state index is 0.0585. The molecular weight excluding hydrogens is 328 g/mol. The summed E-state index contributed by atoms with van der Waals surface area (Å²) in [5, 5.41) is 2.88. The van der Waals surface area contributed by atoms with Crippen LogP contribution < -0.4 is 10.1 Å². The molecule has 0 aromatic heterocycles. The van der Waals surface area contributed by atoms with Gasteiger partial charge in [-0.05, 0) is 48.4 Å². The molecule has 0 heterocycles. The van der Waals surface area contributed by atoms with Crippen LogP contribution in [0, 0.1) is 0 Å². The molecule has 5 heteroatoms. The molecule has 0 radical (unpaired) electrons. The summed E-state index contributed by atoms with van der Waals surface area (Å²) in [6.07, 6.45) is 2.10. The van der Waals surface area contributed by atoms with Crippen LogP contribution in [-0.4, -0.2) is 37.4 Å². The van der Waals surface area contributed by atoms with E-state index in [1.54, 1.807) is 50.5 Å². The van der Waals surface area contributed by atoms with E-state index in [1.807, 2.05) is 12.1 Å². The zero-order valence-electron chi connectivity index (χ0n) is 15.6. The highest BCUT2D eigenvalue weighted by Gasteiger charge is 2.09. The smallest absolute Gasteiger partial charge is 0.253 e. The van der Waals surface area contributed by atoms with E-state index in [0.717, 1.165) is 24.2 Å². The Kier molecular flexibility index (Phi) is 7.21. The van der Waals surface area contributed by atoms with Crippen LogP contribution in [0.15, 0.2) is 48.5 Å². The summed E-state index contributed by atoms with van der Waals surface area (Å²) in [7, 11) is 3.43. The normalized spacial score (nSPS) is 10.3. The fourth-order valence-corrected chi connectivity index (χ4v) is 2.39. The van der Waals surface area contributed by atoms with Gasteiger partial charge in [0, 0.05) is 31.8 Å². The highest BCUT2D eigenvalue weighted by atomic mass is 16.5. The van der Waals surface area contributed by atoms with Crippen LogP contribution in [0.1, 0.15) is 46.0 Å². The maximum Gasteiger partial charge on any atom is 0.253 e. The Hall–Kier alpha value is -2.82. The van der Waals surface area contributed by atoms with Crippen LogP contribution in [0.25, 0.3) is 0 Å². The van der Waals surface area contributed by atoms with Crippen molar-refractivity contribution in [1.82, 2.24) is 10.2 Å². The topological polar surface area (TPSA) is 58.6 Å². The SMILES string of the molecule is CCCCOc1ccc(C(=O)NCc2cccc(C(=O)N(C)C)c2)cc1. The van der Waals surface area contributed by atoms with E-state index >= 15 is 0 Å². The number of hydrogen-bond donors (Lipinski definition) is 1. The summed E-state index contributed by atoms with van der Waals surface area (Å²) in [5.74, 6) is 0.552. The van der Waals surface area contributed by atoms with E-state index < -0.39 is 0 Å². The van der Waals surface area contributed by atoms with E-state index in [4.69, 9.17) is 4.74 Å². The molecule has 0 bridgehead atoms. The molecule has 2 aromatic carbocycles. The second-order valence-corrected chi connectivity index (χ2v) is 6.31. The lowest BCUT2D eigenvalue weighted by atomic mass is 10.1.